The van der Waals surface area contributed by atoms with Crippen LogP contribution in [-0.2, 0) is 16.6 Å². The number of carbonyl (C=O) groups is 3. The lowest BCUT2D eigenvalue weighted by Gasteiger charge is -2.39. The Morgan fingerprint density at radius 2 is 1.82 bits per heavy atom. The minimum atomic E-state index is -0.943. The third-order valence-electron chi connectivity index (χ3n) is 6.48. The van der Waals surface area contributed by atoms with E-state index in [-0.39, 0.29) is 17.2 Å². The van der Waals surface area contributed by atoms with E-state index in [1.807, 2.05) is 46.8 Å². The van der Waals surface area contributed by atoms with Crippen LogP contribution in [0.4, 0.5) is 0 Å². The number of aromatic nitrogens is 1. The van der Waals surface area contributed by atoms with E-state index in [1.54, 1.807) is 0 Å². The number of aryl methyl sites for hydroxylation is 1. The van der Waals surface area contributed by atoms with Crippen LogP contribution in [0, 0.1) is 5.41 Å². The average molecular weight is 383 g/mol. The molecule has 1 N–H and O–H groups in total. The molecular formula is C21H25N3O4. The highest BCUT2D eigenvalue weighted by Crippen LogP contribution is 2.43. The van der Waals surface area contributed by atoms with E-state index >= 15 is 0 Å². The summed E-state index contributed by atoms with van der Waals surface area (Å²) in [7, 11) is 1.90. The van der Waals surface area contributed by atoms with Crippen molar-refractivity contribution in [2.24, 2.45) is 12.5 Å². The number of benzene rings is 1. The van der Waals surface area contributed by atoms with Gasteiger partial charge < -0.3 is 19.5 Å². The first-order valence-electron chi connectivity index (χ1n) is 9.65. The molecule has 1 atom stereocenters. The Hall–Kier alpha value is -2.83. The molecule has 0 aliphatic carbocycles. The number of hydrogen-bond acceptors (Lipinski definition) is 3. The zero-order valence-electron chi connectivity index (χ0n) is 16.2. The highest BCUT2D eigenvalue weighted by atomic mass is 16.4. The van der Waals surface area contributed by atoms with Crippen molar-refractivity contribution in [2.75, 3.05) is 19.6 Å². The molecule has 7 nitrogen and oxygen atoms in total. The Bertz CT molecular complexity index is 932. The van der Waals surface area contributed by atoms with Crippen LogP contribution >= 0.6 is 0 Å². The molecule has 0 saturated carbocycles. The molecule has 1 aromatic carbocycles. The predicted molar refractivity (Wildman–Crippen MR) is 104 cm³/mol. The molecule has 0 unspecified atom stereocenters. The number of aliphatic carboxylic acids is 1. The van der Waals surface area contributed by atoms with Crippen LogP contribution in [0.2, 0.25) is 0 Å². The number of piperidine rings is 1. The van der Waals surface area contributed by atoms with Crippen LogP contribution in [0.25, 0.3) is 10.9 Å². The number of carboxylic acids is 1. The van der Waals surface area contributed by atoms with E-state index in [1.165, 1.54) is 11.8 Å². The molecular weight excluding hydrogens is 358 g/mol. The molecule has 2 aliphatic rings. The fourth-order valence-electron chi connectivity index (χ4n) is 4.81. The number of carboxylic acid groups (broad SMARTS) is 1. The summed E-state index contributed by atoms with van der Waals surface area (Å²) in [5.74, 6) is -1.14. The van der Waals surface area contributed by atoms with E-state index in [0.717, 1.165) is 23.7 Å². The standard InChI is InChI=1S/C21H25N3O4/c1-14(25)24-13-21(12-18(24)20(27)28)7-9-23(10-8-21)19(26)17-11-15-5-3-4-6-16(15)22(17)2/h3-6,11,18H,7-10,12-13H2,1-2H3,(H,27,28)/t18-/m0/s1. The highest BCUT2D eigenvalue weighted by Gasteiger charge is 2.49. The summed E-state index contributed by atoms with van der Waals surface area (Å²) in [6.07, 6.45) is 1.91. The normalized spacial score (nSPS) is 21.4. The van der Waals surface area contributed by atoms with Gasteiger partial charge in [-0.2, -0.15) is 0 Å². The molecule has 0 bridgehead atoms. The number of fused-ring (bicyclic) bond motifs is 1. The summed E-state index contributed by atoms with van der Waals surface area (Å²) in [5, 5.41) is 10.5. The largest absolute Gasteiger partial charge is 0.480 e. The van der Waals surface area contributed by atoms with Gasteiger partial charge in [0, 0.05) is 44.5 Å². The average Bonchev–Trinajstić information content (AvgIpc) is 3.21. The van der Waals surface area contributed by atoms with E-state index in [0.29, 0.717) is 31.7 Å². The van der Waals surface area contributed by atoms with Gasteiger partial charge in [-0.1, -0.05) is 18.2 Å². The van der Waals surface area contributed by atoms with Crippen LogP contribution in [0.3, 0.4) is 0 Å². The van der Waals surface area contributed by atoms with E-state index in [9.17, 15) is 19.5 Å². The second-order valence-electron chi connectivity index (χ2n) is 8.14. The molecule has 3 heterocycles. The number of hydrogen-bond donors (Lipinski definition) is 1. The number of rotatable bonds is 2. The Balaban J connectivity index is 1.49. The van der Waals surface area contributed by atoms with Gasteiger partial charge in [-0.15, -0.1) is 0 Å². The maximum atomic E-state index is 13.1. The second-order valence-corrected chi connectivity index (χ2v) is 8.14. The third kappa shape index (κ3) is 2.95. The first kappa shape index (κ1) is 18.5. The summed E-state index contributed by atoms with van der Waals surface area (Å²) in [6, 6.07) is 9.09. The van der Waals surface area contributed by atoms with Crippen molar-refractivity contribution in [3.05, 3.63) is 36.0 Å². The Kier molecular flexibility index (Phi) is 4.40. The van der Waals surface area contributed by atoms with Crippen molar-refractivity contribution in [3.8, 4) is 0 Å². The van der Waals surface area contributed by atoms with Crippen LogP contribution in [0.5, 0.6) is 0 Å². The molecule has 2 fully saturated rings. The summed E-state index contributed by atoms with van der Waals surface area (Å²) in [6.45, 7) is 3.06. The number of nitrogens with zero attached hydrogens (tertiary/aromatic N) is 3. The molecule has 7 heteroatoms. The molecule has 0 radical (unpaired) electrons. The molecule has 2 aliphatic heterocycles. The van der Waals surface area contributed by atoms with Gasteiger partial charge >= 0.3 is 5.97 Å². The van der Waals surface area contributed by atoms with E-state index in [2.05, 4.69) is 0 Å². The van der Waals surface area contributed by atoms with Gasteiger partial charge in [-0.3, -0.25) is 9.59 Å². The molecule has 28 heavy (non-hydrogen) atoms. The van der Waals surface area contributed by atoms with Crippen LogP contribution < -0.4 is 0 Å². The van der Waals surface area contributed by atoms with Crippen molar-refractivity contribution in [1.82, 2.24) is 14.4 Å². The molecule has 148 valence electrons. The minimum absolute atomic E-state index is 0.00440. The molecule has 1 spiro atoms. The van der Waals surface area contributed by atoms with E-state index < -0.39 is 12.0 Å². The van der Waals surface area contributed by atoms with Gasteiger partial charge in [0.25, 0.3) is 5.91 Å². The lowest BCUT2D eigenvalue weighted by Crippen LogP contribution is -2.45. The topological polar surface area (TPSA) is 82.9 Å². The maximum Gasteiger partial charge on any atom is 0.326 e. The second kappa shape index (κ2) is 6.65. The summed E-state index contributed by atoms with van der Waals surface area (Å²) in [5.41, 5.74) is 1.48. The van der Waals surface area contributed by atoms with Crippen molar-refractivity contribution in [2.45, 2.75) is 32.2 Å². The fraction of sp³-hybridized carbons (Fsp3) is 0.476. The zero-order valence-corrected chi connectivity index (χ0v) is 16.2. The number of para-hydroxylation sites is 1. The number of likely N-dealkylation sites (tertiary alicyclic amines) is 2. The monoisotopic (exact) mass is 383 g/mol. The molecule has 2 amide bonds. The summed E-state index contributed by atoms with van der Waals surface area (Å²) < 4.78 is 1.93. The molecule has 2 saturated heterocycles. The fourth-order valence-corrected chi connectivity index (χ4v) is 4.81. The predicted octanol–water partition coefficient (Wildman–Crippen LogP) is 2.11. The van der Waals surface area contributed by atoms with Crippen molar-refractivity contribution < 1.29 is 19.5 Å². The van der Waals surface area contributed by atoms with Gasteiger partial charge in [0.15, 0.2) is 0 Å². The smallest absolute Gasteiger partial charge is 0.326 e. The van der Waals surface area contributed by atoms with E-state index in [4.69, 9.17) is 0 Å². The van der Waals surface area contributed by atoms with Gasteiger partial charge in [-0.05, 0) is 36.8 Å². The van der Waals surface area contributed by atoms with Gasteiger partial charge in [-0.25, -0.2) is 4.79 Å². The number of amides is 2. The van der Waals surface area contributed by atoms with Gasteiger partial charge in [0.1, 0.15) is 11.7 Å². The third-order valence-corrected chi connectivity index (χ3v) is 6.48. The first-order valence-corrected chi connectivity index (χ1v) is 9.65. The Labute approximate surface area is 163 Å². The van der Waals surface area contributed by atoms with Crippen molar-refractivity contribution in [1.29, 1.82) is 0 Å². The Morgan fingerprint density at radius 1 is 1.14 bits per heavy atom. The van der Waals surface area contributed by atoms with Gasteiger partial charge in [0.2, 0.25) is 5.91 Å². The van der Waals surface area contributed by atoms with Crippen molar-refractivity contribution in [3.63, 3.8) is 0 Å². The lowest BCUT2D eigenvalue weighted by molar-refractivity contribution is -0.147. The molecule has 4 rings (SSSR count). The van der Waals surface area contributed by atoms with Crippen LogP contribution in [-0.4, -0.2) is 62.9 Å². The zero-order chi connectivity index (χ0) is 20.1. The minimum Gasteiger partial charge on any atom is -0.480 e. The summed E-state index contributed by atoms with van der Waals surface area (Å²) in [4.78, 5) is 39.8. The Morgan fingerprint density at radius 3 is 2.39 bits per heavy atom. The van der Waals surface area contributed by atoms with Crippen LogP contribution in [0.15, 0.2) is 30.3 Å². The maximum absolute atomic E-state index is 13.1. The quantitative estimate of drug-likeness (QED) is 0.861. The molecule has 2 aromatic rings. The van der Waals surface area contributed by atoms with Crippen molar-refractivity contribution >= 4 is 28.7 Å². The highest BCUT2D eigenvalue weighted by molar-refractivity contribution is 5.98. The SMILES string of the molecule is CC(=O)N1CC2(CCN(C(=O)c3cc4ccccc4n3C)CC2)C[C@H]1C(=O)O. The molecule has 1 aromatic heterocycles. The van der Waals surface area contributed by atoms with Crippen LogP contribution in [0.1, 0.15) is 36.7 Å². The first-order chi connectivity index (χ1) is 13.3. The van der Waals surface area contributed by atoms with Gasteiger partial charge in [0.05, 0.1) is 0 Å². The number of carbonyl (C=O) groups excluding carboxylic acids is 2. The summed E-state index contributed by atoms with van der Waals surface area (Å²) >= 11 is 0. The lowest BCUT2D eigenvalue weighted by atomic mass is 9.76.